The van der Waals surface area contributed by atoms with Crippen molar-refractivity contribution in [2.75, 3.05) is 0 Å². The number of aromatic nitrogens is 8. The molecule has 0 saturated carbocycles. The smallest absolute Gasteiger partial charge is 0.423 e. The molecule has 0 fully saturated rings. The number of hydrogen-bond acceptors (Lipinski definition) is 8. The lowest BCUT2D eigenvalue weighted by molar-refractivity contribution is 0.425. The van der Waals surface area contributed by atoms with Gasteiger partial charge in [0.25, 0.3) is 0 Å². The maximum absolute atomic E-state index is 9.69. The highest BCUT2D eigenvalue weighted by molar-refractivity contribution is 6.60. The van der Waals surface area contributed by atoms with Gasteiger partial charge in [-0.1, -0.05) is 164 Å². The summed E-state index contributed by atoms with van der Waals surface area (Å²) in [6.07, 6.45) is 0. The second-order valence-electron chi connectivity index (χ2n) is 15.4. The van der Waals surface area contributed by atoms with E-state index in [0.717, 1.165) is 60.9 Å². The minimum atomic E-state index is -1.50. The van der Waals surface area contributed by atoms with Crippen molar-refractivity contribution >= 4 is 91.0 Å². The van der Waals surface area contributed by atoms with Crippen LogP contribution in [-0.4, -0.2) is 56.2 Å². The lowest BCUT2D eigenvalue weighted by Crippen LogP contribution is -2.33. The summed E-state index contributed by atoms with van der Waals surface area (Å²) < 4.78 is 4.35. The first-order valence-electron chi connectivity index (χ1n) is 21.4. The Labute approximate surface area is 405 Å². The molecule has 12 aromatic rings. The summed E-state index contributed by atoms with van der Waals surface area (Å²) >= 11 is 17.7. The quantitative estimate of drug-likeness (QED) is 0.158. The van der Waals surface area contributed by atoms with Crippen molar-refractivity contribution < 1.29 is 10.0 Å². The van der Waals surface area contributed by atoms with Crippen molar-refractivity contribution in [2.45, 2.75) is 0 Å². The lowest BCUT2D eigenvalue weighted by Gasteiger charge is -2.13. The van der Waals surface area contributed by atoms with Crippen LogP contribution in [0.1, 0.15) is 0 Å². The Morgan fingerprint density at radius 2 is 0.662 bits per heavy atom. The van der Waals surface area contributed by atoms with Gasteiger partial charge in [0.15, 0.2) is 17.5 Å². The monoisotopic (exact) mass is 944 g/mol. The van der Waals surface area contributed by atoms with E-state index in [0.29, 0.717) is 22.9 Å². The molecule has 0 saturated heterocycles. The normalized spacial score (nSPS) is 11.0. The van der Waals surface area contributed by atoms with E-state index >= 15 is 0 Å². The molecule has 8 aromatic carbocycles. The zero-order chi connectivity index (χ0) is 46.6. The summed E-state index contributed by atoms with van der Waals surface area (Å²) in [6.45, 7) is 0. The molecule has 0 amide bonds. The standard InChI is InChI=1S/C27H17ClN4.C18H14BNO2.C9H5Cl2N3/c28-27-30-25(18-10-2-1-3-11-18)29-26(31-27)21-14-6-9-17-24(21)32-22-15-7-4-12-19(22)20-13-5-8-16-23(20)32;21-19(22)15-9-3-6-12-18(15)20-16-10-4-1-7-13(16)14-8-2-5-11-17(14)20;10-8-12-7(13-9(11)14-8)6-4-2-1-3-5-6/h1-17H;1-12,21-22H;1-5H. The Kier molecular flexibility index (Phi) is 12.7. The first-order chi connectivity index (χ1) is 33.3. The molecule has 0 bridgehead atoms. The zero-order valence-electron chi connectivity index (χ0n) is 35.8. The second kappa shape index (κ2) is 19.6. The van der Waals surface area contributed by atoms with Crippen LogP contribution in [0.15, 0.2) is 206 Å². The average Bonchev–Trinajstić information content (AvgIpc) is 3.90. The summed E-state index contributed by atoms with van der Waals surface area (Å²) in [5.41, 5.74) is 9.28. The zero-order valence-corrected chi connectivity index (χ0v) is 38.1. The SMILES string of the molecule is Clc1nc(-c2ccccc2)nc(-c2ccccc2-n2c3ccccc3c3ccccc32)n1.Clc1nc(Cl)nc(-c2ccccc2)n1.OB(O)c1ccccc1-n1c2ccccc2c2ccccc21. The Hall–Kier alpha value is -7.77. The van der Waals surface area contributed by atoms with Gasteiger partial charge in [-0.25, -0.2) is 4.98 Å². The maximum Gasteiger partial charge on any atom is 0.490 e. The molecule has 328 valence electrons. The molecule has 10 nitrogen and oxygen atoms in total. The van der Waals surface area contributed by atoms with Crippen LogP contribution in [0.3, 0.4) is 0 Å². The molecule has 0 spiro atoms. The largest absolute Gasteiger partial charge is 0.490 e. The van der Waals surface area contributed by atoms with Gasteiger partial charge in [0.2, 0.25) is 15.9 Å². The van der Waals surface area contributed by atoms with Crippen LogP contribution in [0.4, 0.5) is 0 Å². The van der Waals surface area contributed by atoms with Gasteiger partial charge >= 0.3 is 7.12 Å². The van der Waals surface area contributed by atoms with E-state index in [2.05, 4.69) is 113 Å². The van der Waals surface area contributed by atoms with E-state index in [4.69, 9.17) is 39.8 Å². The Morgan fingerprint density at radius 1 is 0.324 bits per heavy atom. The topological polar surface area (TPSA) is 128 Å². The van der Waals surface area contributed by atoms with E-state index < -0.39 is 7.12 Å². The van der Waals surface area contributed by atoms with Gasteiger partial charge in [-0.3, -0.25) is 0 Å². The molecular formula is C54H36BCl3N8O2. The van der Waals surface area contributed by atoms with E-state index in [9.17, 15) is 10.0 Å². The molecule has 0 radical (unpaired) electrons. The van der Waals surface area contributed by atoms with Crippen molar-refractivity contribution in [3.05, 3.63) is 222 Å². The summed E-state index contributed by atoms with van der Waals surface area (Å²) in [6, 6.07) is 67.9. The Bertz CT molecular complexity index is 3610. The highest BCUT2D eigenvalue weighted by Crippen LogP contribution is 2.36. The van der Waals surface area contributed by atoms with Crippen LogP contribution >= 0.6 is 34.8 Å². The predicted octanol–water partition coefficient (Wildman–Crippen LogP) is 12.3. The maximum atomic E-state index is 9.69. The molecule has 0 aliphatic rings. The van der Waals surface area contributed by atoms with Gasteiger partial charge in [-0.05, 0) is 77.3 Å². The number of hydrogen-bond donors (Lipinski definition) is 2. The summed E-state index contributed by atoms with van der Waals surface area (Å²) in [5.74, 6) is 1.58. The van der Waals surface area contributed by atoms with E-state index in [-0.39, 0.29) is 15.9 Å². The lowest BCUT2D eigenvalue weighted by atomic mass is 9.79. The molecule has 0 atom stereocenters. The van der Waals surface area contributed by atoms with Gasteiger partial charge in [0, 0.05) is 49.4 Å². The minimum Gasteiger partial charge on any atom is -0.423 e. The van der Waals surface area contributed by atoms with Crippen molar-refractivity contribution in [3.63, 3.8) is 0 Å². The minimum absolute atomic E-state index is 0.101. The first kappa shape index (κ1) is 44.1. The first-order valence-corrected chi connectivity index (χ1v) is 22.6. The fourth-order valence-electron chi connectivity index (χ4n) is 8.36. The summed E-state index contributed by atoms with van der Waals surface area (Å²) in [4.78, 5) is 25.2. The number of rotatable bonds is 6. The van der Waals surface area contributed by atoms with Crippen molar-refractivity contribution in [3.8, 4) is 45.5 Å². The molecule has 0 unspecified atom stereocenters. The van der Waals surface area contributed by atoms with Gasteiger partial charge in [-0.2, -0.15) is 24.9 Å². The third kappa shape index (κ3) is 8.92. The number of fused-ring (bicyclic) bond motifs is 6. The molecule has 4 heterocycles. The third-order valence-corrected chi connectivity index (χ3v) is 11.8. The van der Waals surface area contributed by atoms with Gasteiger partial charge in [0.1, 0.15) is 0 Å². The van der Waals surface area contributed by atoms with Gasteiger partial charge in [-0.15, -0.1) is 0 Å². The van der Waals surface area contributed by atoms with Crippen LogP contribution in [0.2, 0.25) is 15.9 Å². The van der Waals surface area contributed by atoms with Gasteiger partial charge in [0.05, 0.1) is 27.8 Å². The van der Waals surface area contributed by atoms with E-state index in [1.165, 1.54) is 10.8 Å². The Morgan fingerprint density at radius 3 is 1.13 bits per heavy atom. The third-order valence-electron chi connectivity index (χ3n) is 11.3. The van der Waals surface area contributed by atoms with Crippen molar-refractivity contribution in [2.24, 2.45) is 0 Å². The number of benzene rings is 8. The van der Waals surface area contributed by atoms with Crippen molar-refractivity contribution in [1.29, 1.82) is 0 Å². The van der Waals surface area contributed by atoms with Gasteiger partial charge < -0.3 is 19.2 Å². The number of halogens is 3. The molecule has 0 aliphatic heterocycles. The van der Waals surface area contributed by atoms with Crippen molar-refractivity contribution in [1.82, 2.24) is 39.0 Å². The molecule has 0 aliphatic carbocycles. The number of para-hydroxylation sites is 6. The van der Waals surface area contributed by atoms with Crippen LogP contribution in [0.25, 0.3) is 89.2 Å². The van der Waals surface area contributed by atoms with Crippen LogP contribution < -0.4 is 5.46 Å². The Balaban J connectivity index is 0.000000129. The molecule has 14 heteroatoms. The fraction of sp³-hybridized carbons (Fsp3) is 0. The molecule has 68 heavy (non-hydrogen) atoms. The predicted molar refractivity (Wildman–Crippen MR) is 276 cm³/mol. The van der Waals surface area contributed by atoms with Crippen LogP contribution in [-0.2, 0) is 0 Å². The fourth-order valence-corrected chi connectivity index (χ4v) is 8.88. The second-order valence-corrected chi connectivity index (χ2v) is 16.4. The average molecular weight is 946 g/mol. The van der Waals surface area contributed by atoms with E-state index in [1.54, 1.807) is 6.07 Å². The highest BCUT2D eigenvalue weighted by atomic mass is 35.5. The molecule has 12 rings (SSSR count). The van der Waals surface area contributed by atoms with Crippen LogP contribution in [0.5, 0.6) is 0 Å². The highest BCUT2D eigenvalue weighted by Gasteiger charge is 2.21. The molecular weight excluding hydrogens is 910 g/mol. The van der Waals surface area contributed by atoms with E-state index in [1.807, 2.05) is 121 Å². The van der Waals surface area contributed by atoms with Crippen LogP contribution in [0, 0.1) is 0 Å². The summed E-state index contributed by atoms with van der Waals surface area (Å²) in [5, 5.41) is 24.5. The molecule has 2 N–H and O–H groups in total. The number of nitrogens with zero attached hydrogens (tertiary/aromatic N) is 8. The molecule has 4 aromatic heterocycles. The summed E-state index contributed by atoms with van der Waals surface area (Å²) in [7, 11) is -1.50.